The molecule has 0 saturated carbocycles. The molecule has 1 aromatic heterocycles. The first-order valence-electron chi connectivity index (χ1n) is 7.82. The third-order valence-corrected chi connectivity index (χ3v) is 3.16. The van der Waals surface area contributed by atoms with Crippen molar-refractivity contribution in [1.82, 2.24) is 9.97 Å². The molecule has 2 amide bonds. The smallest absolute Gasteiger partial charge is 0.275 e. The van der Waals surface area contributed by atoms with Crippen molar-refractivity contribution in [3.8, 4) is 0 Å². The standard InChI is InChI=1S/C17H21N5O3/c1-12(23)21-13-5-3-6-14(9-13)22-17(24)15-10-20-16(11-19-15)18-7-4-8-25-2/h3,5-6,9-11H,4,7-8H2,1-2H3,(H,18,20)(H,21,23)(H,22,24). The maximum absolute atomic E-state index is 12.2. The molecule has 2 aromatic rings. The van der Waals surface area contributed by atoms with E-state index in [1.54, 1.807) is 31.4 Å². The quantitative estimate of drug-likeness (QED) is 0.634. The predicted octanol–water partition coefficient (Wildman–Crippen LogP) is 2.14. The summed E-state index contributed by atoms with van der Waals surface area (Å²) >= 11 is 0. The van der Waals surface area contributed by atoms with Crippen molar-refractivity contribution in [3.05, 3.63) is 42.4 Å². The summed E-state index contributed by atoms with van der Waals surface area (Å²) in [5, 5.41) is 8.48. The van der Waals surface area contributed by atoms with Gasteiger partial charge in [-0.15, -0.1) is 0 Å². The van der Waals surface area contributed by atoms with E-state index in [0.717, 1.165) is 6.42 Å². The van der Waals surface area contributed by atoms with Gasteiger partial charge in [-0.25, -0.2) is 9.97 Å². The first kappa shape index (κ1) is 18.3. The molecule has 1 heterocycles. The Morgan fingerprint density at radius 1 is 1.12 bits per heavy atom. The molecule has 0 spiro atoms. The van der Waals surface area contributed by atoms with E-state index in [-0.39, 0.29) is 17.5 Å². The van der Waals surface area contributed by atoms with Crippen molar-refractivity contribution in [3.63, 3.8) is 0 Å². The van der Waals surface area contributed by atoms with Crippen molar-refractivity contribution in [2.45, 2.75) is 13.3 Å². The second-order valence-electron chi connectivity index (χ2n) is 5.28. The molecule has 25 heavy (non-hydrogen) atoms. The highest BCUT2D eigenvalue weighted by atomic mass is 16.5. The lowest BCUT2D eigenvalue weighted by Crippen LogP contribution is -2.15. The Hall–Kier alpha value is -3.00. The number of hydrogen-bond acceptors (Lipinski definition) is 6. The third kappa shape index (κ3) is 6.19. The van der Waals surface area contributed by atoms with Crippen molar-refractivity contribution in [2.75, 3.05) is 36.2 Å². The molecule has 8 heteroatoms. The van der Waals surface area contributed by atoms with Crippen molar-refractivity contribution in [2.24, 2.45) is 0 Å². The Morgan fingerprint density at radius 3 is 2.52 bits per heavy atom. The summed E-state index contributed by atoms with van der Waals surface area (Å²) in [7, 11) is 1.65. The minimum absolute atomic E-state index is 0.178. The van der Waals surface area contributed by atoms with Gasteiger partial charge in [0.1, 0.15) is 11.5 Å². The van der Waals surface area contributed by atoms with E-state index in [1.807, 2.05) is 0 Å². The van der Waals surface area contributed by atoms with Gasteiger partial charge in [0.25, 0.3) is 5.91 Å². The second kappa shape index (κ2) is 9.33. The number of carbonyl (C=O) groups excluding carboxylic acids is 2. The van der Waals surface area contributed by atoms with E-state index in [1.165, 1.54) is 19.3 Å². The number of aromatic nitrogens is 2. The number of carbonyl (C=O) groups is 2. The molecule has 0 aliphatic rings. The number of hydrogen-bond donors (Lipinski definition) is 3. The molecule has 2 rings (SSSR count). The molecule has 0 saturated heterocycles. The fourth-order valence-electron chi connectivity index (χ4n) is 2.04. The fourth-order valence-corrected chi connectivity index (χ4v) is 2.04. The van der Waals surface area contributed by atoms with Crippen LogP contribution in [-0.4, -0.2) is 42.0 Å². The summed E-state index contributed by atoms with van der Waals surface area (Å²) < 4.78 is 4.96. The Bertz CT molecular complexity index is 718. The van der Waals surface area contributed by atoms with Crippen LogP contribution in [0.5, 0.6) is 0 Å². The van der Waals surface area contributed by atoms with E-state index in [9.17, 15) is 9.59 Å². The summed E-state index contributed by atoms with van der Waals surface area (Å²) in [6, 6.07) is 6.86. The van der Waals surface area contributed by atoms with Crippen LogP contribution in [0, 0.1) is 0 Å². The van der Waals surface area contributed by atoms with E-state index in [0.29, 0.717) is 30.3 Å². The van der Waals surface area contributed by atoms with Gasteiger partial charge in [0.15, 0.2) is 0 Å². The van der Waals surface area contributed by atoms with Crippen LogP contribution in [0.15, 0.2) is 36.7 Å². The fraction of sp³-hybridized carbons (Fsp3) is 0.294. The lowest BCUT2D eigenvalue weighted by molar-refractivity contribution is -0.114. The maximum atomic E-state index is 12.2. The number of nitrogens with one attached hydrogen (secondary N) is 3. The van der Waals surface area contributed by atoms with Crippen LogP contribution in [0.4, 0.5) is 17.2 Å². The van der Waals surface area contributed by atoms with Gasteiger partial charge in [-0.1, -0.05) is 6.07 Å². The van der Waals surface area contributed by atoms with E-state index < -0.39 is 0 Å². The summed E-state index contributed by atoms with van der Waals surface area (Å²) in [6.45, 7) is 2.80. The van der Waals surface area contributed by atoms with Gasteiger partial charge >= 0.3 is 0 Å². The zero-order chi connectivity index (χ0) is 18.1. The Morgan fingerprint density at radius 2 is 1.88 bits per heavy atom. The number of nitrogens with zero attached hydrogens (tertiary/aromatic N) is 2. The average molecular weight is 343 g/mol. The number of ether oxygens (including phenoxy) is 1. The van der Waals surface area contributed by atoms with Gasteiger partial charge in [0.2, 0.25) is 5.91 Å². The first-order chi connectivity index (χ1) is 12.1. The van der Waals surface area contributed by atoms with Crippen molar-refractivity contribution >= 4 is 29.0 Å². The van der Waals surface area contributed by atoms with Crippen molar-refractivity contribution in [1.29, 1.82) is 0 Å². The Labute approximate surface area is 146 Å². The minimum Gasteiger partial charge on any atom is -0.385 e. The van der Waals surface area contributed by atoms with Crippen molar-refractivity contribution < 1.29 is 14.3 Å². The monoisotopic (exact) mass is 343 g/mol. The lowest BCUT2D eigenvalue weighted by Gasteiger charge is -2.08. The van der Waals surface area contributed by atoms with E-state index >= 15 is 0 Å². The van der Waals surface area contributed by atoms with Crippen LogP contribution in [0.2, 0.25) is 0 Å². The Balaban J connectivity index is 1.93. The lowest BCUT2D eigenvalue weighted by atomic mass is 10.2. The summed E-state index contributed by atoms with van der Waals surface area (Å²) in [5.41, 5.74) is 1.36. The molecular weight excluding hydrogens is 322 g/mol. The molecule has 0 unspecified atom stereocenters. The van der Waals surface area contributed by atoms with Crippen LogP contribution in [0.3, 0.4) is 0 Å². The molecule has 0 bridgehead atoms. The zero-order valence-electron chi connectivity index (χ0n) is 14.2. The molecular formula is C17H21N5O3. The summed E-state index contributed by atoms with van der Waals surface area (Å²) in [4.78, 5) is 31.6. The number of amides is 2. The predicted molar refractivity (Wildman–Crippen MR) is 95.7 cm³/mol. The third-order valence-electron chi connectivity index (χ3n) is 3.16. The van der Waals surface area contributed by atoms with Gasteiger partial charge in [0, 0.05) is 38.6 Å². The van der Waals surface area contributed by atoms with Gasteiger partial charge in [-0.05, 0) is 24.6 Å². The minimum atomic E-state index is -0.376. The zero-order valence-corrected chi connectivity index (χ0v) is 14.2. The SMILES string of the molecule is COCCCNc1cnc(C(=O)Nc2cccc(NC(C)=O)c2)cn1. The van der Waals surface area contributed by atoms with Crippen LogP contribution < -0.4 is 16.0 Å². The normalized spacial score (nSPS) is 10.2. The number of methoxy groups -OCH3 is 1. The number of benzene rings is 1. The molecule has 0 fully saturated rings. The van der Waals surface area contributed by atoms with Gasteiger partial charge < -0.3 is 20.7 Å². The molecule has 0 aliphatic carbocycles. The highest BCUT2D eigenvalue weighted by Crippen LogP contribution is 2.15. The van der Waals surface area contributed by atoms with Gasteiger partial charge in [-0.3, -0.25) is 9.59 Å². The van der Waals surface area contributed by atoms with Crippen LogP contribution in [0.25, 0.3) is 0 Å². The van der Waals surface area contributed by atoms with Crippen LogP contribution >= 0.6 is 0 Å². The molecule has 8 nitrogen and oxygen atoms in total. The number of rotatable bonds is 8. The first-order valence-corrected chi connectivity index (χ1v) is 7.82. The highest BCUT2D eigenvalue weighted by molar-refractivity contribution is 6.03. The molecule has 3 N–H and O–H groups in total. The highest BCUT2D eigenvalue weighted by Gasteiger charge is 2.09. The molecule has 1 aromatic carbocycles. The van der Waals surface area contributed by atoms with Gasteiger partial charge in [-0.2, -0.15) is 0 Å². The maximum Gasteiger partial charge on any atom is 0.275 e. The summed E-state index contributed by atoms with van der Waals surface area (Å²) in [6.07, 6.45) is 3.77. The van der Waals surface area contributed by atoms with Gasteiger partial charge in [0.05, 0.1) is 12.4 Å². The Kier molecular flexibility index (Phi) is 6.85. The number of anilines is 3. The molecule has 0 radical (unpaired) electrons. The molecule has 132 valence electrons. The second-order valence-corrected chi connectivity index (χ2v) is 5.28. The average Bonchev–Trinajstić information content (AvgIpc) is 2.59. The van der Waals surface area contributed by atoms with Crippen LogP contribution in [0.1, 0.15) is 23.8 Å². The molecule has 0 atom stereocenters. The topological polar surface area (TPSA) is 105 Å². The largest absolute Gasteiger partial charge is 0.385 e. The summed E-state index contributed by atoms with van der Waals surface area (Å²) in [5.74, 6) is 0.0432. The van der Waals surface area contributed by atoms with E-state index in [4.69, 9.17) is 4.74 Å². The van der Waals surface area contributed by atoms with Crippen LogP contribution in [-0.2, 0) is 9.53 Å². The molecule has 0 aliphatic heterocycles. The van der Waals surface area contributed by atoms with E-state index in [2.05, 4.69) is 25.9 Å².